The lowest BCUT2D eigenvalue weighted by Gasteiger charge is -1.86. The van der Waals surface area contributed by atoms with Crippen LogP contribution in [0.25, 0.3) is 0 Å². The second kappa shape index (κ2) is 2.17. The van der Waals surface area contributed by atoms with Crippen molar-refractivity contribution in [1.29, 1.82) is 0 Å². The first-order chi connectivity index (χ1) is 3.93. The number of nitrogens with zero attached hydrogens (tertiary/aromatic N) is 4. The van der Waals surface area contributed by atoms with Gasteiger partial charge in [-0.25, -0.2) is 10.8 Å². The Morgan fingerprint density at radius 3 is 2.38 bits per heavy atom. The molecule has 0 aliphatic rings. The van der Waals surface area contributed by atoms with Gasteiger partial charge in [0.15, 0.2) is 0 Å². The molecule has 0 amide bonds. The van der Waals surface area contributed by atoms with Gasteiger partial charge >= 0.3 is 0 Å². The molecule has 1 heterocycles. The second-order valence-corrected chi connectivity index (χ2v) is 1.07. The Bertz CT molecular complexity index is 149. The largest absolute Gasteiger partial charge is 0.264 e. The molecule has 0 bridgehead atoms. The zero-order chi connectivity index (χ0) is 5.82. The molecule has 0 spiro atoms. The summed E-state index contributed by atoms with van der Waals surface area (Å²) in [5.74, 6) is 5.07. The van der Waals surface area contributed by atoms with Gasteiger partial charge in [0, 0.05) is 0 Å². The molecule has 1 aromatic rings. The Morgan fingerprint density at radius 2 is 2.00 bits per heavy atom. The van der Waals surface area contributed by atoms with Gasteiger partial charge in [-0.15, -0.1) is 0 Å². The van der Waals surface area contributed by atoms with Crippen molar-refractivity contribution in [2.75, 3.05) is 0 Å². The summed E-state index contributed by atoms with van der Waals surface area (Å²) in [6.07, 6.45) is 2.66. The number of hydrogen-bond donors (Lipinski definition) is 1. The topological polar surface area (TPSA) is 78.8 Å². The third kappa shape index (κ3) is 0.881. The number of hydrogen-bond acceptors (Lipinski definition) is 4. The molecule has 0 atom stereocenters. The Morgan fingerprint density at radius 1 is 1.38 bits per heavy atom. The molecule has 8 heavy (non-hydrogen) atoms. The lowest BCUT2D eigenvalue weighted by atomic mass is 11.0. The molecule has 0 saturated carbocycles. The van der Waals surface area contributed by atoms with E-state index in [0.717, 1.165) is 0 Å². The predicted octanol–water partition coefficient (Wildman–Crippen LogP) is -1.02. The normalized spacial score (nSPS) is 8.62. The van der Waals surface area contributed by atoms with E-state index in [1.54, 1.807) is 0 Å². The van der Waals surface area contributed by atoms with Gasteiger partial charge in [0.25, 0.3) is 5.95 Å². The van der Waals surface area contributed by atoms with Crippen LogP contribution in [0.2, 0.25) is 0 Å². The van der Waals surface area contributed by atoms with Crippen LogP contribution < -0.4 is 11.3 Å². The van der Waals surface area contributed by atoms with Gasteiger partial charge in [-0.2, -0.15) is 15.4 Å². The summed E-state index contributed by atoms with van der Waals surface area (Å²) < 4.78 is 0. The minimum absolute atomic E-state index is 0.250. The van der Waals surface area contributed by atoms with Crippen molar-refractivity contribution >= 4 is 5.95 Å². The third-order valence-corrected chi connectivity index (χ3v) is 0.595. The summed E-state index contributed by atoms with van der Waals surface area (Å²) in [4.78, 5) is 10.7. The second-order valence-electron chi connectivity index (χ2n) is 1.07. The fourth-order valence-corrected chi connectivity index (χ4v) is 0.300. The predicted molar refractivity (Wildman–Crippen MR) is 25.8 cm³/mol. The summed E-state index contributed by atoms with van der Waals surface area (Å²) in [7, 11) is 0. The van der Waals surface area contributed by atoms with E-state index in [0.29, 0.717) is 0 Å². The van der Waals surface area contributed by atoms with Crippen LogP contribution in [0.4, 0.5) is 5.95 Å². The highest BCUT2D eigenvalue weighted by molar-refractivity contribution is 5.04. The number of aromatic nitrogens is 3. The van der Waals surface area contributed by atoms with E-state index in [9.17, 15) is 0 Å². The molecule has 5 heteroatoms. The first kappa shape index (κ1) is 4.92. The highest BCUT2D eigenvalue weighted by atomic mass is 15.3. The smallest absolute Gasteiger partial charge is 0.225 e. The first-order valence-corrected chi connectivity index (χ1v) is 1.96. The molecule has 1 rings (SSSR count). The van der Waals surface area contributed by atoms with Crippen LogP contribution in [0.5, 0.6) is 0 Å². The molecule has 0 fully saturated rings. The van der Waals surface area contributed by atoms with E-state index in [1.165, 1.54) is 12.7 Å². The lowest BCUT2D eigenvalue weighted by molar-refractivity contribution is 0.853. The van der Waals surface area contributed by atoms with Gasteiger partial charge in [-0.05, 0) is 0 Å². The Kier molecular flexibility index (Phi) is 1.34. The molecule has 1 radical (unpaired) electrons. The summed E-state index contributed by atoms with van der Waals surface area (Å²) >= 11 is 0. The van der Waals surface area contributed by atoms with Crippen LogP contribution in [-0.2, 0) is 0 Å². The van der Waals surface area contributed by atoms with E-state index in [1.807, 2.05) is 0 Å². The molecule has 41 valence electrons. The third-order valence-electron chi connectivity index (χ3n) is 0.595. The molecule has 0 aliphatic heterocycles. The average molecular weight is 110 g/mol. The molecule has 1 aromatic heterocycles. The summed E-state index contributed by atoms with van der Waals surface area (Å²) in [5, 5.41) is 0. The average Bonchev–Trinajstić information content (AvgIpc) is 1.90. The quantitative estimate of drug-likeness (QED) is 0.370. The molecule has 0 unspecified atom stereocenters. The van der Waals surface area contributed by atoms with E-state index in [2.05, 4.69) is 20.4 Å². The maximum atomic E-state index is 4.82. The van der Waals surface area contributed by atoms with Gasteiger partial charge in [0.05, 0.1) is 0 Å². The van der Waals surface area contributed by atoms with Crippen LogP contribution in [0.15, 0.2) is 12.7 Å². The highest BCUT2D eigenvalue weighted by Gasteiger charge is 1.85. The Hall–Kier alpha value is -1.23. The fourth-order valence-electron chi connectivity index (χ4n) is 0.300. The van der Waals surface area contributed by atoms with Gasteiger partial charge in [-0.1, -0.05) is 0 Å². The van der Waals surface area contributed by atoms with Crippen molar-refractivity contribution in [3.05, 3.63) is 12.7 Å². The van der Waals surface area contributed by atoms with Gasteiger partial charge in [0.2, 0.25) is 0 Å². The molecular weight excluding hydrogens is 106 g/mol. The molecule has 0 saturated heterocycles. The Balaban J connectivity index is 2.83. The van der Waals surface area contributed by atoms with Crippen LogP contribution >= 0.6 is 0 Å². The molecular formula is C3H4N5. The highest BCUT2D eigenvalue weighted by Crippen LogP contribution is 1.84. The van der Waals surface area contributed by atoms with Crippen molar-refractivity contribution < 1.29 is 0 Å². The number of rotatable bonds is 1. The van der Waals surface area contributed by atoms with Crippen LogP contribution in [-0.4, -0.2) is 15.0 Å². The maximum absolute atomic E-state index is 4.82. The van der Waals surface area contributed by atoms with E-state index in [4.69, 9.17) is 5.84 Å². The van der Waals surface area contributed by atoms with Crippen LogP contribution in [0.1, 0.15) is 0 Å². The van der Waals surface area contributed by atoms with Crippen molar-refractivity contribution in [3.8, 4) is 0 Å². The minimum Gasteiger partial charge on any atom is -0.225 e. The van der Waals surface area contributed by atoms with Crippen molar-refractivity contribution in [2.24, 2.45) is 5.84 Å². The molecule has 0 aliphatic carbocycles. The van der Waals surface area contributed by atoms with Crippen LogP contribution in [0, 0.1) is 0 Å². The molecule has 5 nitrogen and oxygen atoms in total. The summed E-state index contributed by atoms with van der Waals surface area (Å²) in [5.41, 5.74) is 3.21. The van der Waals surface area contributed by atoms with Crippen molar-refractivity contribution in [1.82, 2.24) is 20.4 Å². The fraction of sp³-hybridized carbons (Fsp3) is 0. The molecule has 2 N–H and O–H groups in total. The maximum Gasteiger partial charge on any atom is 0.264 e. The summed E-state index contributed by atoms with van der Waals surface area (Å²) in [6.45, 7) is 0. The minimum atomic E-state index is 0.250. The van der Waals surface area contributed by atoms with Crippen LogP contribution in [0.3, 0.4) is 0 Å². The zero-order valence-corrected chi connectivity index (χ0v) is 4.02. The summed E-state index contributed by atoms with van der Waals surface area (Å²) in [6, 6.07) is 0. The van der Waals surface area contributed by atoms with Crippen molar-refractivity contribution in [3.63, 3.8) is 0 Å². The van der Waals surface area contributed by atoms with E-state index >= 15 is 0 Å². The van der Waals surface area contributed by atoms with E-state index < -0.39 is 0 Å². The van der Waals surface area contributed by atoms with Gasteiger partial charge < -0.3 is 0 Å². The number of nitrogens with two attached hydrogens (primary N) is 1. The van der Waals surface area contributed by atoms with Gasteiger partial charge in [-0.3, -0.25) is 0 Å². The standard InChI is InChI=1S/C3H4N5/c4-8-3-6-1-5-2-7-3/h1-2H,4H2. The van der Waals surface area contributed by atoms with E-state index in [-0.39, 0.29) is 5.95 Å². The molecule has 0 aromatic carbocycles. The SMILES string of the molecule is N[N]c1ncncn1. The monoisotopic (exact) mass is 110 g/mol. The van der Waals surface area contributed by atoms with Crippen molar-refractivity contribution in [2.45, 2.75) is 0 Å². The first-order valence-electron chi connectivity index (χ1n) is 1.96. The lowest BCUT2D eigenvalue weighted by Crippen LogP contribution is -2.08. The Labute approximate surface area is 46.0 Å². The van der Waals surface area contributed by atoms with Gasteiger partial charge in [0.1, 0.15) is 12.7 Å². The zero-order valence-electron chi connectivity index (χ0n) is 4.02.